The smallest absolute Gasteiger partial charge is 0.408 e. The minimum absolute atomic E-state index is 0.0263. The van der Waals surface area contributed by atoms with Crippen molar-refractivity contribution < 1.29 is 27.9 Å². The summed E-state index contributed by atoms with van der Waals surface area (Å²) in [7, 11) is 0. The fraction of sp³-hybridized carbons (Fsp3) is 0.833. The Kier molecular flexibility index (Phi) is 6.24. The lowest BCUT2D eigenvalue weighted by Crippen LogP contribution is -2.50. The molecular formula is C18H28F2N2O4. The van der Waals surface area contributed by atoms with Crippen LogP contribution in [0.3, 0.4) is 0 Å². The van der Waals surface area contributed by atoms with E-state index in [4.69, 9.17) is 4.74 Å². The van der Waals surface area contributed by atoms with E-state index in [0.717, 1.165) is 4.90 Å². The first-order valence-corrected chi connectivity index (χ1v) is 9.13. The third-order valence-corrected chi connectivity index (χ3v) is 4.70. The number of ketones is 1. The van der Waals surface area contributed by atoms with Crippen molar-refractivity contribution in [2.75, 3.05) is 13.1 Å². The summed E-state index contributed by atoms with van der Waals surface area (Å²) < 4.78 is 32.1. The van der Waals surface area contributed by atoms with Crippen LogP contribution in [0.5, 0.6) is 0 Å². The van der Waals surface area contributed by atoms with Crippen LogP contribution in [0.25, 0.3) is 0 Å². The van der Waals surface area contributed by atoms with E-state index in [0.29, 0.717) is 32.1 Å². The monoisotopic (exact) mass is 374 g/mol. The summed E-state index contributed by atoms with van der Waals surface area (Å²) in [4.78, 5) is 37.3. The van der Waals surface area contributed by atoms with E-state index in [-0.39, 0.29) is 24.7 Å². The molecule has 1 N–H and O–H groups in total. The van der Waals surface area contributed by atoms with Gasteiger partial charge in [0.25, 0.3) is 5.92 Å². The molecule has 0 aromatic carbocycles. The minimum Gasteiger partial charge on any atom is -0.444 e. The molecule has 0 aromatic rings. The number of ether oxygens (including phenoxy) is 1. The van der Waals surface area contributed by atoms with E-state index in [1.54, 1.807) is 20.8 Å². The molecule has 26 heavy (non-hydrogen) atoms. The molecule has 0 aromatic heterocycles. The number of rotatable bonds is 4. The number of hydrogen-bond donors (Lipinski definition) is 1. The van der Waals surface area contributed by atoms with Crippen LogP contribution in [-0.4, -0.2) is 53.3 Å². The van der Waals surface area contributed by atoms with Gasteiger partial charge in [-0.1, -0.05) is 0 Å². The molecule has 1 saturated carbocycles. The Morgan fingerprint density at radius 2 is 1.92 bits per heavy atom. The highest BCUT2D eigenvalue weighted by Gasteiger charge is 2.42. The van der Waals surface area contributed by atoms with Gasteiger partial charge in [0.1, 0.15) is 17.4 Å². The fourth-order valence-corrected chi connectivity index (χ4v) is 3.38. The summed E-state index contributed by atoms with van der Waals surface area (Å²) in [6.45, 7) is 4.47. The number of amides is 2. The first-order valence-electron chi connectivity index (χ1n) is 9.13. The second-order valence-corrected chi connectivity index (χ2v) is 8.28. The topological polar surface area (TPSA) is 75.7 Å². The van der Waals surface area contributed by atoms with Gasteiger partial charge in [0, 0.05) is 25.8 Å². The number of nitrogens with zero attached hydrogens (tertiary/aromatic N) is 1. The zero-order valence-electron chi connectivity index (χ0n) is 15.6. The van der Waals surface area contributed by atoms with Crippen LogP contribution in [-0.2, 0) is 14.3 Å². The number of Topliss-reactive ketones (excluding diaryl/α,β-unsaturated/α-hetero) is 1. The van der Waals surface area contributed by atoms with Crippen molar-refractivity contribution in [1.82, 2.24) is 10.2 Å². The van der Waals surface area contributed by atoms with Crippen molar-refractivity contribution >= 4 is 17.8 Å². The molecule has 0 unspecified atom stereocenters. The normalized spacial score (nSPS) is 22.2. The molecule has 6 nitrogen and oxygen atoms in total. The number of hydrogen-bond acceptors (Lipinski definition) is 4. The molecule has 2 rings (SSSR count). The first-order chi connectivity index (χ1) is 12.0. The number of likely N-dealkylation sites (tertiary alicyclic amines) is 1. The lowest BCUT2D eigenvalue weighted by molar-refractivity contribution is -0.134. The fourth-order valence-electron chi connectivity index (χ4n) is 3.38. The van der Waals surface area contributed by atoms with Crippen molar-refractivity contribution in [2.45, 2.75) is 76.9 Å². The third kappa shape index (κ3) is 6.21. The number of carbonyl (C=O) groups is 3. The van der Waals surface area contributed by atoms with Gasteiger partial charge in [0.2, 0.25) is 5.91 Å². The summed E-state index contributed by atoms with van der Waals surface area (Å²) in [5, 5.41) is 2.55. The Morgan fingerprint density at radius 1 is 1.31 bits per heavy atom. The maximum Gasteiger partial charge on any atom is 0.408 e. The molecule has 1 aliphatic carbocycles. The van der Waals surface area contributed by atoms with Crippen LogP contribution < -0.4 is 5.32 Å². The van der Waals surface area contributed by atoms with Crippen molar-refractivity contribution in [3.8, 4) is 0 Å². The average Bonchev–Trinajstić information content (AvgIpc) is 2.86. The van der Waals surface area contributed by atoms with Gasteiger partial charge >= 0.3 is 6.09 Å². The summed E-state index contributed by atoms with van der Waals surface area (Å²) in [5.41, 5.74) is -0.727. The van der Waals surface area contributed by atoms with Crippen molar-refractivity contribution in [3.05, 3.63) is 0 Å². The number of alkyl carbamates (subject to hydrolysis) is 1. The molecule has 2 fully saturated rings. The van der Waals surface area contributed by atoms with Gasteiger partial charge in [0.05, 0.1) is 6.54 Å². The van der Waals surface area contributed by atoms with Gasteiger partial charge < -0.3 is 15.0 Å². The van der Waals surface area contributed by atoms with Crippen LogP contribution in [0.1, 0.15) is 59.3 Å². The molecule has 1 aliphatic heterocycles. The van der Waals surface area contributed by atoms with E-state index in [2.05, 4.69) is 5.32 Å². The zero-order valence-corrected chi connectivity index (χ0v) is 15.6. The zero-order chi connectivity index (χ0) is 19.5. The predicted molar refractivity (Wildman–Crippen MR) is 90.9 cm³/mol. The van der Waals surface area contributed by atoms with Gasteiger partial charge in [-0.05, 0) is 46.0 Å². The molecule has 0 bridgehead atoms. The molecule has 8 heteroatoms. The molecule has 1 heterocycles. The van der Waals surface area contributed by atoms with Gasteiger partial charge in [-0.25, -0.2) is 13.6 Å². The summed E-state index contributed by atoms with van der Waals surface area (Å²) in [5.74, 6) is -3.10. The maximum absolute atomic E-state index is 13.5. The second-order valence-electron chi connectivity index (χ2n) is 8.28. The highest BCUT2D eigenvalue weighted by Crippen LogP contribution is 2.30. The highest BCUT2D eigenvalue weighted by atomic mass is 19.3. The molecule has 1 atom stereocenters. The van der Waals surface area contributed by atoms with Crippen molar-refractivity contribution in [2.24, 2.45) is 5.92 Å². The Balaban J connectivity index is 2.03. The Hall–Kier alpha value is -1.73. The van der Waals surface area contributed by atoms with Gasteiger partial charge in [0.15, 0.2) is 0 Å². The van der Waals surface area contributed by atoms with Crippen LogP contribution in [0, 0.1) is 5.92 Å². The number of nitrogens with one attached hydrogen (secondary N) is 1. The average molecular weight is 374 g/mol. The Bertz CT molecular complexity index is 550. The lowest BCUT2D eigenvalue weighted by Gasteiger charge is -2.29. The van der Waals surface area contributed by atoms with Crippen molar-refractivity contribution in [1.29, 1.82) is 0 Å². The Morgan fingerprint density at radius 3 is 2.42 bits per heavy atom. The van der Waals surface area contributed by atoms with E-state index >= 15 is 0 Å². The minimum atomic E-state index is -2.89. The van der Waals surface area contributed by atoms with Gasteiger partial charge in [-0.3, -0.25) is 9.59 Å². The lowest BCUT2D eigenvalue weighted by atomic mass is 9.84. The van der Waals surface area contributed by atoms with Crippen LogP contribution in [0.2, 0.25) is 0 Å². The molecular weight excluding hydrogens is 346 g/mol. The second kappa shape index (κ2) is 7.88. The third-order valence-electron chi connectivity index (χ3n) is 4.70. The summed E-state index contributed by atoms with van der Waals surface area (Å²) in [6.07, 6.45) is 1.43. The SMILES string of the molecule is CC(C)(C)OC(=O)N[C@@H](CC1CCC(=O)CC1)C(=O)N1CCC(F)(F)C1. The largest absolute Gasteiger partial charge is 0.444 e. The predicted octanol–water partition coefficient (Wildman–Crippen LogP) is 2.90. The molecule has 1 saturated heterocycles. The first kappa shape index (κ1) is 20.6. The highest BCUT2D eigenvalue weighted by molar-refractivity contribution is 5.86. The molecule has 2 aliphatic rings. The maximum atomic E-state index is 13.5. The Labute approximate surface area is 152 Å². The number of halogens is 2. The molecule has 0 radical (unpaired) electrons. The summed E-state index contributed by atoms with van der Waals surface area (Å²) in [6, 6.07) is -0.919. The summed E-state index contributed by atoms with van der Waals surface area (Å²) >= 11 is 0. The van der Waals surface area contributed by atoms with Crippen molar-refractivity contribution in [3.63, 3.8) is 0 Å². The van der Waals surface area contributed by atoms with E-state index < -0.39 is 36.1 Å². The molecule has 2 amide bonds. The number of alkyl halides is 2. The van der Waals surface area contributed by atoms with Gasteiger partial charge in [-0.2, -0.15) is 0 Å². The van der Waals surface area contributed by atoms with Gasteiger partial charge in [-0.15, -0.1) is 0 Å². The van der Waals surface area contributed by atoms with Crippen LogP contribution in [0.15, 0.2) is 0 Å². The van der Waals surface area contributed by atoms with E-state index in [1.807, 2.05) is 0 Å². The quantitative estimate of drug-likeness (QED) is 0.821. The molecule has 148 valence electrons. The van der Waals surface area contributed by atoms with E-state index in [9.17, 15) is 23.2 Å². The molecule has 0 spiro atoms. The number of carbonyl (C=O) groups excluding carboxylic acids is 3. The van der Waals surface area contributed by atoms with Crippen LogP contribution in [0.4, 0.5) is 13.6 Å². The van der Waals surface area contributed by atoms with E-state index in [1.165, 1.54) is 0 Å². The standard InChI is InChI=1S/C18H28F2N2O4/c1-17(2,3)26-16(25)21-14(10-12-4-6-13(23)7-5-12)15(24)22-9-8-18(19,20)11-22/h12,14H,4-11H2,1-3H3,(H,21,25)/t14-/m0/s1. The van der Waals surface area contributed by atoms with Crippen LogP contribution >= 0.6 is 0 Å².